The summed E-state index contributed by atoms with van der Waals surface area (Å²) in [5.41, 5.74) is 0. The molecule has 2 unspecified atom stereocenters. The summed E-state index contributed by atoms with van der Waals surface area (Å²) in [6, 6.07) is 1.91. The Labute approximate surface area is 124 Å². The van der Waals surface area contributed by atoms with Gasteiger partial charge in [-0.25, -0.2) is 0 Å². The lowest BCUT2D eigenvalue weighted by atomic mass is 9.99. The highest BCUT2D eigenvalue weighted by Crippen LogP contribution is 2.19. The van der Waals surface area contributed by atoms with Crippen LogP contribution in [0, 0.1) is 0 Å². The third kappa shape index (κ3) is 4.99. The van der Waals surface area contributed by atoms with Gasteiger partial charge in [0.05, 0.1) is 13.2 Å². The Bertz CT molecular complexity index is 272. The summed E-state index contributed by atoms with van der Waals surface area (Å²) in [6.07, 6.45) is 5.49. The zero-order chi connectivity index (χ0) is 14.4. The standard InChI is InChI=1S/C16H33N3O/c1-14(2)17-12-16-13-20-11-10-19(16)9-7-15-6-4-5-8-18(15)3/h14-17H,4-13H2,1-3H3. The summed E-state index contributed by atoms with van der Waals surface area (Å²) >= 11 is 0. The SMILES string of the molecule is CC(C)NCC1COCCN1CCC1CCCCN1C. The molecule has 0 aliphatic carbocycles. The highest BCUT2D eigenvalue weighted by Gasteiger charge is 2.25. The Balaban J connectivity index is 1.76. The minimum Gasteiger partial charge on any atom is -0.378 e. The quantitative estimate of drug-likeness (QED) is 0.801. The van der Waals surface area contributed by atoms with Gasteiger partial charge in [0.15, 0.2) is 0 Å². The molecule has 0 radical (unpaired) electrons. The van der Waals surface area contributed by atoms with Crippen molar-refractivity contribution >= 4 is 0 Å². The normalized spacial score (nSPS) is 30.0. The van der Waals surface area contributed by atoms with Gasteiger partial charge in [-0.3, -0.25) is 4.90 Å². The van der Waals surface area contributed by atoms with E-state index in [0.717, 1.165) is 32.3 Å². The first-order chi connectivity index (χ1) is 9.66. The number of piperidine rings is 1. The molecule has 0 aromatic heterocycles. The van der Waals surface area contributed by atoms with E-state index in [0.29, 0.717) is 12.1 Å². The molecule has 2 aliphatic heterocycles. The summed E-state index contributed by atoms with van der Waals surface area (Å²) in [7, 11) is 2.29. The van der Waals surface area contributed by atoms with E-state index in [1.807, 2.05) is 0 Å². The molecule has 2 saturated heterocycles. The Morgan fingerprint density at radius 1 is 1.20 bits per heavy atom. The van der Waals surface area contributed by atoms with Crippen molar-refractivity contribution in [3.05, 3.63) is 0 Å². The predicted octanol–water partition coefficient (Wildman–Crippen LogP) is 1.56. The van der Waals surface area contributed by atoms with Crippen LogP contribution in [0.4, 0.5) is 0 Å². The molecule has 2 rings (SSSR count). The second-order valence-corrected chi connectivity index (χ2v) is 6.75. The van der Waals surface area contributed by atoms with E-state index in [-0.39, 0.29) is 0 Å². The van der Waals surface area contributed by atoms with Crippen LogP contribution in [0.3, 0.4) is 0 Å². The van der Waals surface area contributed by atoms with Crippen LogP contribution in [-0.2, 0) is 4.74 Å². The first-order valence-electron chi connectivity index (χ1n) is 8.42. The van der Waals surface area contributed by atoms with Crippen LogP contribution in [0.1, 0.15) is 39.5 Å². The molecule has 118 valence electrons. The van der Waals surface area contributed by atoms with Crippen LogP contribution >= 0.6 is 0 Å². The first-order valence-corrected chi connectivity index (χ1v) is 8.42. The van der Waals surface area contributed by atoms with E-state index < -0.39 is 0 Å². The molecule has 4 nitrogen and oxygen atoms in total. The van der Waals surface area contributed by atoms with Gasteiger partial charge < -0.3 is 15.0 Å². The molecular formula is C16H33N3O. The van der Waals surface area contributed by atoms with Crippen LogP contribution in [0.25, 0.3) is 0 Å². The fourth-order valence-electron chi connectivity index (χ4n) is 3.37. The third-order valence-electron chi connectivity index (χ3n) is 4.78. The average Bonchev–Trinajstić information content (AvgIpc) is 2.45. The molecule has 0 saturated carbocycles. The van der Waals surface area contributed by atoms with E-state index in [1.165, 1.54) is 38.8 Å². The maximum Gasteiger partial charge on any atom is 0.0634 e. The van der Waals surface area contributed by atoms with E-state index >= 15 is 0 Å². The van der Waals surface area contributed by atoms with Gasteiger partial charge in [0.1, 0.15) is 0 Å². The van der Waals surface area contributed by atoms with Gasteiger partial charge in [-0.15, -0.1) is 0 Å². The molecule has 2 atom stereocenters. The van der Waals surface area contributed by atoms with Crippen molar-refractivity contribution in [2.75, 3.05) is 46.4 Å². The van der Waals surface area contributed by atoms with Gasteiger partial charge in [-0.1, -0.05) is 20.3 Å². The number of hydrogen-bond acceptors (Lipinski definition) is 4. The van der Waals surface area contributed by atoms with Crippen LogP contribution < -0.4 is 5.32 Å². The minimum atomic E-state index is 0.556. The fourth-order valence-corrected chi connectivity index (χ4v) is 3.37. The number of ether oxygens (including phenoxy) is 1. The molecule has 0 amide bonds. The number of nitrogens with one attached hydrogen (secondary N) is 1. The lowest BCUT2D eigenvalue weighted by Gasteiger charge is -2.39. The Hall–Kier alpha value is -0.160. The smallest absolute Gasteiger partial charge is 0.0634 e. The summed E-state index contributed by atoms with van der Waals surface area (Å²) in [4.78, 5) is 5.20. The number of likely N-dealkylation sites (tertiary alicyclic amines) is 1. The second-order valence-electron chi connectivity index (χ2n) is 6.75. The van der Waals surface area contributed by atoms with E-state index in [2.05, 4.69) is 36.0 Å². The Morgan fingerprint density at radius 2 is 2.05 bits per heavy atom. The number of hydrogen-bond donors (Lipinski definition) is 1. The van der Waals surface area contributed by atoms with Gasteiger partial charge in [0, 0.05) is 37.8 Å². The molecule has 2 fully saturated rings. The second kappa shape index (κ2) is 8.32. The van der Waals surface area contributed by atoms with Crippen LogP contribution in [-0.4, -0.2) is 74.4 Å². The molecule has 0 spiro atoms. The van der Waals surface area contributed by atoms with Crippen molar-refractivity contribution < 1.29 is 4.74 Å². The van der Waals surface area contributed by atoms with Crippen LogP contribution in [0.15, 0.2) is 0 Å². The lowest BCUT2D eigenvalue weighted by Crippen LogP contribution is -2.52. The molecule has 20 heavy (non-hydrogen) atoms. The Morgan fingerprint density at radius 3 is 2.80 bits per heavy atom. The molecular weight excluding hydrogens is 250 g/mol. The summed E-state index contributed by atoms with van der Waals surface area (Å²) in [6.45, 7) is 10.9. The van der Waals surface area contributed by atoms with Gasteiger partial charge in [-0.05, 0) is 32.9 Å². The van der Waals surface area contributed by atoms with Crippen molar-refractivity contribution in [2.45, 2.75) is 57.7 Å². The highest BCUT2D eigenvalue weighted by molar-refractivity contribution is 4.81. The summed E-state index contributed by atoms with van der Waals surface area (Å²) in [5, 5.41) is 3.56. The maximum absolute atomic E-state index is 5.67. The fraction of sp³-hybridized carbons (Fsp3) is 1.00. The van der Waals surface area contributed by atoms with Crippen molar-refractivity contribution in [1.82, 2.24) is 15.1 Å². The molecule has 0 aromatic carbocycles. The van der Waals surface area contributed by atoms with Gasteiger partial charge in [0.25, 0.3) is 0 Å². The zero-order valence-corrected chi connectivity index (χ0v) is 13.6. The zero-order valence-electron chi connectivity index (χ0n) is 13.6. The number of rotatable bonds is 6. The predicted molar refractivity (Wildman–Crippen MR) is 84.2 cm³/mol. The molecule has 4 heteroatoms. The van der Waals surface area contributed by atoms with E-state index in [9.17, 15) is 0 Å². The van der Waals surface area contributed by atoms with Crippen molar-refractivity contribution in [2.24, 2.45) is 0 Å². The van der Waals surface area contributed by atoms with Gasteiger partial charge in [-0.2, -0.15) is 0 Å². The molecule has 0 bridgehead atoms. The van der Waals surface area contributed by atoms with E-state index in [1.54, 1.807) is 0 Å². The van der Waals surface area contributed by atoms with Crippen LogP contribution in [0.5, 0.6) is 0 Å². The summed E-state index contributed by atoms with van der Waals surface area (Å²) in [5.74, 6) is 0. The average molecular weight is 283 g/mol. The third-order valence-corrected chi connectivity index (χ3v) is 4.78. The lowest BCUT2D eigenvalue weighted by molar-refractivity contribution is -0.0115. The minimum absolute atomic E-state index is 0.556. The largest absolute Gasteiger partial charge is 0.378 e. The number of nitrogens with zero attached hydrogens (tertiary/aromatic N) is 2. The number of morpholine rings is 1. The molecule has 1 N–H and O–H groups in total. The molecule has 0 aromatic rings. The topological polar surface area (TPSA) is 27.7 Å². The van der Waals surface area contributed by atoms with Crippen molar-refractivity contribution in [1.29, 1.82) is 0 Å². The highest BCUT2D eigenvalue weighted by atomic mass is 16.5. The van der Waals surface area contributed by atoms with Gasteiger partial charge in [0.2, 0.25) is 0 Å². The maximum atomic E-state index is 5.67. The summed E-state index contributed by atoms with van der Waals surface area (Å²) < 4.78 is 5.67. The monoisotopic (exact) mass is 283 g/mol. The van der Waals surface area contributed by atoms with Gasteiger partial charge >= 0.3 is 0 Å². The first kappa shape index (κ1) is 16.2. The molecule has 2 heterocycles. The van der Waals surface area contributed by atoms with E-state index in [4.69, 9.17) is 4.74 Å². The van der Waals surface area contributed by atoms with Crippen molar-refractivity contribution in [3.8, 4) is 0 Å². The van der Waals surface area contributed by atoms with Crippen LogP contribution in [0.2, 0.25) is 0 Å². The van der Waals surface area contributed by atoms with Crippen molar-refractivity contribution in [3.63, 3.8) is 0 Å². The Kier molecular flexibility index (Phi) is 6.75. The molecule has 2 aliphatic rings.